The van der Waals surface area contributed by atoms with Crippen LogP contribution in [0, 0.1) is 5.82 Å². The van der Waals surface area contributed by atoms with Crippen molar-refractivity contribution in [1.82, 2.24) is 5.32 Å². The number of carboxylic acids is 1. The largest absolute Gasteiger partial charge is 0.492 e. The molecule has 0 fully saturated rings. The van der Waals surface area contributed by atoms with E-state index in [9.17, 15) is 14.0 Å². The topological polar surface area (TPSA) is 75.6 Å². The molecule has 5 nitrogen and oxygen atoms in total. The van der Waals surface area contributed by atoms with Crippen molar-refractivity contribution in [3.63, 3.8) is 0 Å². The lowest BCUT2D eigenvalue weighted by molar-refractivity contribution is -0.121. The number of hydrogen-bond acceptors (Lipinski definition) is 3. The monoisotopic (exact) mass is 255 g/mol. The molecular formula is C12H14FNO4. The molecule has 98 valence electrons. The summed E-state index contributed by atoms with van der Waals surface area (Å²) in [6, 6.07) is 3.15. The fourth-order valence-electron chi connectivity index (χ4n) is 1.33. The molecule has 6 heteroatoms. The molecule has 18 heavy (non-hydrogen) atoms. The van der Waals surface area contributed by atoms with Crippen LogP contribution in [-0.4, -0.2) is 30.1 Å². The summed E-state index contributed by atoms with van der Waals surface area (Å²) in [4.78, 5) is 22.0. The smallest absolute Gasteiger partial charge is 0.339 e. The summed E-state index contributed by atoms with van der Waals surface area (Å²) in [5.41, 5.74) is -0.132. The molecule has 0 radical (unpaired) electrons. The fourth-order valence-corrected chi connectivity index (χ4v) is 1.33. The number of carboxylic acid groups (broad SMARTS) is 1. The van der Waals surface area contributed by atoms with Crippen LogP contribution < -0.4 is 10.1 Å². The molecular weight excluding hydrogens is 241 g/mol. The van der Waals surface area contributed by atoms with Crippen LogP contribution in [0.5, 0.6) is 5.75 Å². The second kappa shape index (κ2) is 6.58. The Bertz CT molecular complexity index is 448. The molecule has 0 bridgehead atoms. The van der Waals surface area contributed by atoms with E-state index >= 15 is 0 Å². The highest BCUT2D eigenvalue weighted by Gasteiger charge is 2.12. The number of rotatable bonds is 6. The zero-order chi connectivity index (χ0) is 13.5. The van der Waals surface area contributed by atoms with Crippen LogP contribution in [0.1, 0.15) is 23.7 Å². The Hall–Kier alpha value is -2.11. The minimum Gasteiger partial charge on any atom is -0.492 e. The third-order valence-electron chi connectivity index (χ3n) is 2.13. The highest BCUT2D eigenvalue weighted by Crippen LogP contribution is 2.20. The first-order valence-corrected chi connectivity index (χ1v) is 5.47. The maximum Gasteiger partial charge on any atom is 0.339 e. The average Bonchev–Trinajstić information content (AvgIpc) is 2.29. The highest BCUT2D eigenvalue weighted by molar-refractivity contribution is 5.90. The van der Waals surface area contributed by atoms with Crippen LogP contribution in [0.25, 0.3) is 0 Å². The summed E-state index contributed by atoms with van der Waals surface area (Å²) in [7, 11) is 0. The van der Waals surface area contributed by atoms with E-state index in [1.54, 1.807) is 6.92 Å². The Morgan fingerprint density at radius 1 is 1.44 bits per heavy atom. The first-order valence-electron chi connectivity index (χ1n) is 5.47. The third-order valence-corrected chi connectivity index (χ3v) is 2.13. The van der Waals surface area contributed by atoms with Gasteiger partial charge in [0.2, 0.25) is 5.91 Å². The lowest BCUT2D eigenvalue weighted by Crippen LogP contribution is -2.24. The van der Waals surface area contributed by atoms with E-state index < -0.39 is 11.8 Å². The molecule has 0 saturated heterocycles. The Kier molecular flexibility index (Phi) is 5.10. The maximum atomic E-state index is 13.0. The van der Waals surface area contributed by atoms with Gasteiger partial charge in [-0.05, 0) is 19.1 Å². The van der Waals surface area contributed by atoms with E-state index in [1.807, 2.05) is 0 Å². The standard InChI is InChI=1S/C12H14FNO4/c1-2-14-11(15)5-6-18-10-7-8(13)3-4-9(10)12(16)17/h3-4,7H,2,5-6H2,1H3,(H,14,15)(H,16,17). The van der Waals surface area contributed by atoms with Gasteiger partial charge in [0.05, 0.1) is 13.0 Å². The van der Waals surface area contributed by atoms with E-state index in [-0.39, 0.29) is 30.2 Å². The summed E-state index contributed by atoms with van der Waals surface area (Å²) >= 11 is 0. The summed E-state index contributed by atoms with van der Waals surface area (Å²) < 4.78 is 18.1. The number of benzene rings is 1. The van der Waals surface area contributed by atoms with Crippen molar-refractivity contribution >= 4 is 11.9 Å². The maximum absolute atomic E-state index is 13.0. The number of nitrogens with one attached hydrogen (secondary N) is 1. The van der Waals surface area contributed by atoms with Crippen molar-refractivity contribution in [2.45, 2.75) is 13.3 Å². The molecule has 1 amide bonds. The number of aromatic carboxylic acids is 1. The van der Waals surface area contributed by atoms with Gasteiger partial charge in [0.1, 0.15) is 17.1 Å². The molecule has 1 aromatic rings. The first-order chi connectivity index (χ1) is 8.54. The second-order valence-corrected chi connectivity index (χ2v) is 3.50. The van der Waals surface area contributed by atoms with Crippen molar-refractivity contribution in [2.75, 3.05) is 13.2 Å². The van der Waals surface area contributed by atoms with Gasteiger partial charge >= 0.3 is 5.97 Å². The second-order valence-electron chi connectivity index (χ2n) is 3.50. The summed E-state index contributed by atoms with van der Waals surface area (Å²) in [5, 5.41) is 11.4. The first kappa shape index (κ1) is 14.0. The average molecular weight is 255 g/mol. The van der Waals surface area contributed by atoms with Crippen molar-refractivity contribution in [1.29, 1.82) is 0 Å². The molecule has 1 aromatic carbocycles. The molecule has 0 atom stereocenters. The van der Waals surface area contributed by atoms with Crippen LogP contribution in [0.4, 0.5) is 4.39 Å². The minimum absolute atomic E-state index is 0.00440. The Morgan fingerprint density at radius 3 is 2.78 bits per heavy atom. The molecule has 0 aromatic heterocycles. The highest BCUT2D eigenvalue weighted by atomic mass is 19.1. The molecule has 0 spiro atoms. The van der Waals surface area contributed by atoms with Gasteiger partial charge in [-0.25, -0.2) is 9.18 Å². The van der Waals surface area contributed by atoms with Crippen LogP contribution in [0.2, 0.25) is 0 Å². The van der Waals surface area contributed by atoms with Gasteiger partial charge < -0.3 is 15.2 Å². The summed E-state index contributed by atoms with van der Waals surface area (Å²) in [5.74, 6) is -2.08. The molecule has 0 aliphatic rings. The van der Waals surface area contributed by atoms with Crippen LogP contribution in [-0.2, 0) is 4.79 Å². The van der Waals surface area contributed by atoms with Gasteiger partial charge in [-0.1, -0.05) is 0 Å². The van der Waals surface area contributed by atoms with Gasteiger partial charge in [0, 0.05) is 12.6 Å². The number of amides is 1. The van der Waals surface area contributed by atoms with E-state index in [0.717, 1.165) is 18.2 Å². The van der Waals surface area contributed by atoms with E-state index in [2.05, 4.69) is 5.32 Å². The number of ether oxygens (including phenoxy) is 1. The van der Waals surface area contributed by atoms with Crippen molar-refractivity contribution in [3.05, 3.63) is 29.6 Å². The molecule has 0 heterocycles. The zero-order valence-corrected chi connectivity index (χ0v) is 9.90. The van der Waals surface area contributed by atoms with Crippen LogP contribution in [0.3, 0.4) is 0 Å². The van der Waals surface area contributed by atoms with Crippen LogP contribution >= 0.6 is 0 Å². The quantitative estimate of drug-likeness (QED) is 0.806. The fraction of sp³-hybridized carbons (Fsp3) is 0.333. The van der Waals surface area contributed by atoms with Gasteiger partial charge in [0.25, 0.3) is 0 Å². The predicted octanol–water partition coefficient (Wildman–Crippen LogP) is 1.43. The normalized spacial score (nSPS) is 9.89. The summed E-state index contributed by atoms with van der Waals surface area (Å²) in [6.45, 7) is 2.29. The molecule has 1 rings (SSSR count). The zero-order valence-electron chi connectivity index (χ0n) is 9.90. The van der Waals surface area contributed by atoms with Crippen LogP contribution in [0.15, 0.2) is 18.2 Å². The number of carbonyl (C=O) groups is 2. The number of carbonyl (C=O) groups excluding carboxylic acids is 1. The Morgan fingerprint density at radius 2 is 2.17 bits per heavy atom. The lowest BCUT2D eigenvalue weighted by atomic mass is 10.2. The SMILES string of the molecule is CCNC(=O)CCOc1cc(F)ccc1C(=O)O. The Labute approximate surface area is 104 Å². The lowest BCUT2D eigenvalue weighted by Gasteiger charge is -2.09. The van der Waals surface area contributed by atoms with Gasteiger partial charge in [-0.2, -0.15) is 0 Å². The van der Waals surface area contributed by atoms with Gasteiger partial charge in [0.15, 0.2) is 0 Å². The van der Waals surface area contributed by atoms with E-state index in [0.29, 0.717) is 6.54 Å². The van der Waals surface area contributed by atoms with Crippen molar-refractivity contribution < 1.29 is 23.8 Å². The summed E-state index contributed by atoms with van der Waals surface area (Å²) in [6.07, 6.45) is 0.0867. The number of hydrogen-bond donors (Lipinski definition) is 2. The molecule has 0 unspecified atom stereocenters. The van der Waals surface area contributed by atoms with E-state index in [1.165, 1.54) is 0 Å². The Balaban J connectivity index is 2.63. The van der Waals surface area contributed by atoms with Crippen molar-refractivity contribution in [3.8, 4) is 5.75 Å². The minimum atomic E-state index is -1.21. The van der Waals surface area contributed by atoms with Gasteiger partial charge in [-0.3, -0.25) is 4.79 Å². The van der Waals surface area contributed by atoms with Gasteiger partial charge in [-0.15, -0.1) is 0 Å². The third kappa shape index (κ3) is 4.04. The molecule has 0 aliphatic heterocycles. The molecule has 0 aliphatic carbocycles. The van der Waals surface area contributed by atoms with E-state index in [4.69, 9.17) is 9.84 Å². The molecule has 0 saturated carbocycles. The van der Waals surface area contributed by atoms with Crippen molar-refractivity contribution in [2.24, 2.45) is 0 Å². The molecule has 2 N–H and O–H groups in total. The number of halogens is 1. The predicted molar refractivity (Wildman–Crippen MR) is 62.2 cm³/mol.